The van der Waals surface area contributed by atoms with Crippen LogP contribution in [0.2, 0.25) is 0 Å². The lowest BCUT2D eigenvalue weighted by Crippen LogP contribution is -2.18. The molecular weight excluding hydrogens is 264 g/mol. The second-order valence-corrected chi connectivity index (χ2v) is 3.67. The van der Waals surface area contributed by atoms with Crippen LogP contribution < -0.4 is 11.1 Å². The lowest BCUT2D eigenvalue weighted by molar-refractivity contribution is -0.118. The molecule has 1 aromatic rings. The lowest BCUT2D eigenvalue weighted by atomic mass is 10.4. The van der Waals surface area contributed by atoms with Crippen LogP contribution in [0.1, 0.15) is 6.42 Å². The van der Waals surface area contributed by atoms with Crippen molar-refractivity contribution in [1.82, 2.24) is 9.78 Å². The Hall–Kier alpha value is -1.37. The minimum atomic E-state index is -0.476. The maximum atomic E-state index is 11.2. The molecule has 0 unspecified atom stereocenters. The van der Waals surface area contributed by atoms with Crippen LogP contribution in [0.25, 0.3) is 0 Å². The summed E-state index contributed by atoms with van der Waals surface area (Å²) in [5.74, 6) is -0.582. The molecule has 0 aliphatic carbocycles. The van der Waals surface area contributed by atoms with Crippen LogP contribution in [0.4, 0.5) is 5.69 Å². The van der Waals surface area contributed by atoms with Gasteiger partial charge in [0.1, 0.15) is 6.54 Å². The highest BCUT2D eigenvalue weighted by molar-refractivity contribution is 9.09. The average Bonchev–Trinajstić information content (AvgIpc) is 2.51. The number of anilines is 1. The lowest BCUT2D eigenvalue weighted by Gasteiger charge is -1.98. The van der Waals surface area contributed by atoms with Crippen molar-refractivity contribution in [1.29, 1.82) is 0 Å². The van der Waals surface area contributed by atoms with Gasteiger partial charge in [0.15, 0.2) is 0 Å². The topological polar surface area (TPSA) is 90.0 Å². The van der Waals surface area contributed by atoms with Gasteiger partial charge in [-0.05, 0) is 0 Å². The summed E-state index contributed by atoms with van der Waals surface area (Å²) in [5.41, 5.74) is 5.55. The van der Waals surface area contributed by atoms with Gasteiger partial charge in [0.25, 0.3) is 0 Å². The third-order valence-corrected chi connectivity index (χ3v) is 1.95. The van der Waals surface area contributed by atoms with Crippen molar-refractivity contribution in [2.24, 2.45) is 5.73 Å². The highest BCUT2D eigenvalue weighted by Gasteiger charge is 2.04. The molecule has 0 fully saturated rings. The quantitative estimate of drug-likeness (QED) is 0.746. The van der Waals surface area contributed by atoms with E-state index in [0.717, 1.165) is 0 Å². The number of nitrogens with zero attached hydrogens (tertiary/aromatic N) is 2. The van der Waals surface area contributed by atoms with Gasteiger partial charge in [0.05, 0.1) is 11.9 Å². The van der Waals surface area contributed by atoms with Crippen LogP contribution in [0.5, 0.6) is 0 Å². The number of hydrogen-bond acceptors (Lipinski definition) is 3. The minimum absolute atomic E-state index is 0.00825. The van der Waals surface area contributed by atoms with Crippen molar-refractivity contribution < 1.29 is 9.59 Å². The first-order chi connectivity index (χ1) is 7.11. The Labute approximate surface area is 94.9 Å². The first-order valence-corrected chi connectivity index (χ1v) is 5.40. The number of primary amides is 1. The van der Waals surface area contributed by atoms with Crippen LogP contribution in [-0.4, -0.2) is 26.9 Å². The van der Waals surface area contributed by atoms with Crippen molar-refractivity contribution in [2.75, 3.05) is 10.6 Å². The van der Waals surface area contributed by atoms with Gasteiger partial charge < -0.3 is 11.1 Å². The van der Waals surface area contributed by atoms with E-state index in [-0.39, 0.29) is 12.5 Å². The molecule has 1 heterocycles. The first-order valence-electron chi connectivity index (χ1n) is 4.28. The van der Waals surface area contributed by atoms with Crippen molar-refractivity contribution >= 4 is 33.4 Å². The number of carbonyl (C=O) groups excluding carboxylic acids is 2. The van der Waals surface area contributed by atoms with Gasteiger partial charge in [0, 0.05) is 17.9 Å². The van der Waals surface area contributed by atoms with Gasteiger partial charge in [-0.1, -0.05) is 15.9 Å². The van der Waals surface area contributed by atoms with Crippen LogP contribution in [0.3, 0.4) is 0 Å². The molecule has 1 aromatic heterocycles. The van der Waals surface area contributed by atoms with E-state index in [4.69, 9.17) is 5.73 Å². The summed E-state index contributed by atoms with van der Waals surface area (Å²) in [6.45, 7) is 0.00825. The van der Waals surface area contributed by atoms with Gasteiger partial charge >= 0.3 is 0 Å². The van der Waals surface area contributed by atoms with Crippen LogP contribution in [0, 0.1) is 0 Å². The Morgan fingerprint density at radius 2 is 2.33 bits per heavy atom. The van der Waals surface area contributed by atoms with Crippen LogP contribution >= 0.6 is 15.9 Å². The van der Waals surface area contributed by atoms with Crippen LogP contribution in [0.15, 0.2) is 12.4 Å². The van der Waals surface area contributed by atoms with E-state index >= 15 is 0 Å². The average molecular weight is 275 g/mol. The van der Waals surface area contributed by atoms with Crippen molar-refractivity contribution in [3.8, 4) is 0 Å². The number of hydrogen-bond donors (Lipinski definition) is 2. The molecule has 0 spiro atoms. The van der Waals surface area contributed by atoms with Crippen LogP contribution in [-0.2, 0) is 16.1 Å². The molecule has 0 saturated heterocycles. The summed E-state index contributed by atoms with van der Waals surface area (Å²) < 4.78 is 1.37. The Morgan fingerprint density at radius 1 is 1.60 bits per heavy atom. The third kappa shape index (κ3) is 4.11. The number of amides is 2. The normalized spacial score (nSPS) is 9.93. The summed E-state index contributed by atoms with van der Waals surface area (Å²) in [4.78, 5) is 21.7. The SMILES string of the molecule is NC(=O)Cn1cc(NC(=O)CCBr)cn1. The monoisotopic (exact) mass is 274 g/mol. The number of carbonyl (C=O) groups is 2. The maximum absolute atomic E-state index is 11.2. The summed E-state index contributed by atoms with van der Waals surface area (Å²) in [7, 11) is 0. The van der Waals surface area contributed by atoms with E-state index in [1.807, 2.05) is 0 Å². The fourth-order valence-corrected chi connectivity index (χ4v) is 1.34. The molecule has 3 N–H and O–H groups in total. The smallest absolute Gasteiger partial charge is 0.239 e. The zero-order chi connectivity index (χ0) is 11.3. The van der Waals surface area contributed by atoms with E-state index in [0.29, 0.717) is 17.4 Å². The Kier molecular flexibility index (Phi) is 4.29. The van der Waals surface area contributed by atoms with E-state index in [1.54, 1.807) is 6.20 Å². The zero-order valence-electron chi connectivity index (χ0n) is 7.94. The van der Waals surface area contributed by atoms with Crippen molar-refractivity contribution in [2.45, 2.75) is 13.0 Å². The first kappa shape index (κ1) is 11.7. The number of nitrogens with two attached hydrogens (primary N) is 1. The van der Waals surface area contributed by atoms with E-state index < -0.39 is 5.91 Å². The molecule has 0 radical (unpaired) electrons. The molecule has 0 atom stereocenters. The molecule has 0 aromatic carbocycles. The number of aromatic nitrogens is 2. The zero-order valence-corrected chi connectivity index (χ0v) is 9.53. The fraction of sp³-hybridized carbons (Fsp3) is 0.375. The van der Waals surface area contributed by atoms with Gasteiger partial charge in [-0.3, -0.25) is 14.3 Å². The summed E-state index contributed by atoms with van der Waals surface area (Å²) in [6.07, 6.45) is 3.41. The molecule has 0 saturated carbocycles. The molecular formula is C8H11BrN4O2. The highest BCUT2D eigenvalue weighted by Crippen LogP contribution is 2.05. The second-order valence-electron chi connectivity index (χ2n) is 2.88. The molecule has 1 rings (SSSR count). The maximum Gasteiger partial charge on any atom is 0.239 e. The standard InChI is InChI=1S/C8H11BrN4O2/c9-2-1-8(15)12-6-3-11-13(4-6)5-7(10)14/h3-4H,1-2,5H2,(H2,10,14)(H,12,15). The molecule has 82 valence electrons. The number of alkyl halides is 1. The largest absolute Gasteiger partial charge is 0.368 e. The highest BCUT2D eigenvalue weighted by atomic mass is 79.9. The molecule has 6 nitrogen and oxygen atoms in total. The fourth-order valence-electron chi connectivity index (χ4n) is 0.984. The number of halogens is 1. The van der Waals surface area contributed by atoms with E-state index in [2.05, 4.69) is 26.3 Å². The van der Waals surface area contributed by atoms with Gasteiger partial charge in [-0.25, -0.2) is 0 Å². The molecule has 2 amide bonds. The number of rotatable bonds is 5. The van der Waals surface area contributed by atoms with Gasteiger partial charge in [0.2, 0.25) is 11.8 Å². The second kappa shape index (κ2) is 5.50. The number of nitrogens with one attached hydrogen (secondary N) is 1. The third-order valence-electron chi connectivity index (χ3n) is 1.56. The molecule has 7 heteroatoms. The summed E-state index contributed by atoms with van der Waals surface area (Å²) in [5, 5.41) is 7.10. The minimum Gasteiger partial charge on any atom is -0.368 e. The Morgan fingerprint density at radius 3 is 2.93 bits per heavy atom. The summed E-state index contributed by atoms with van der Waals surface area (Å²) in [6, 6.07) is 0. The van der Waals surface area contributed by atoms with Crippen molar-refractivity contribution in [3.05, 3.63) is 12.4 Å². The molecule has 15 heavy (non-hydrogen) atoms. The molecule has 0 aliphatic heterocycles. The summed E-state index contributed by atoms with van der Waals surface area (Å²) >= 11 is 3.16. The Balaban J connectivity index is 2.52. The Bertz CT molecular complexity index is 363. The van der Waals surface area contributed by atoms with Crippen molar-refractivity contribution in [3.63, 3.8) is 0 Å². The van der Waals surface area contributed by atoms with E-state index in [9.17, 15) is 9.59 Å². The van der Waals surface area contributed by atoms with Gasteiger partial charge in [-0.15, -0.1) is 0 Å². The predicted molar refractivity (Wildman–Crippen MR) is 58.5 cm³/mol. The molecule has 0 aliphatic rings. The predicted octanol–water partition coefficient (Wildman–Crippen LogP) is 0.0919. The molecule has 0 bridgehead atoms. The van der Waals surface area contributed by atoms with Gasteiger partial charge in [-0.2, -0.15) is 5.10 Å². The van der Waals surface area contributed by atoms with E-state index in [1.165, 1.54) is 10.9 Å².